The Labute approximate surface area is 65.9 Å². The molecule has 0 aliphatic heterocycles. The van der Waals surface area contributed by atoms with Gasteiger partial charge in [-0.25, -0.2) is 0 Å². The maximum Gasteiger partial charge on any atom is 0.159 e. The van der Waals surface area contributed by atoms with E-state index in [1.54, 1.807) is 6.92 Å². The van der Waals surface area contributed by atoms with E-state index in [0.29, 0.717) is 0 Å². The van der Waals surface area contributed by atoms with Gasteiger partial charge in [0.05, 0.1) is 0 Å². The van der Waals surface area contributed by atoms with Gasteiger partial charge < -0.3 is 11.6 Å². The zero-order valence-corrected chi connectivity index (χ0v) is 6.50. The van der Waals surface area contributed by atoms with E-state index >= 15 is 0 Å². The number of carbonyl (C=O) groups excluding carboxylic acids is 1. The fourth-order valence-corrected chi connectivity index (χ4v) is 0.673. The van der Waals surface area contributed by atoms with Gasteiger partial charge in [0.2, 0.25) is 0 Å². The van der Waals surface area contributed by atoms with Crippen LogP contribution in [0.25, 0.3) is 0 Å². The minimum Gasteiger partial charge on any atom is -0.412 e. The third-order valence-electron chi connectivity index (χ3n) is 1.18. The van der Waals surface area contributed by atoms with E-state index in [1.165, 1.54) is 0 Å². The van der Waals surface area contributed by atoms with Crippen LogP contribution in [-0.2, 0) is 0 Å². The first kappa shape index (κ1) is 12.5. The Morgan fingerprint density at radius 3 is 1.91 bits per heavy atom. The van der Waals surface area contributed by atoms with Crippen LogP contribution in [0.15, 0.2) is 30.3 Å². The maximum atomic E-state index is 10.6. The summed E-state index contributed by atoms with van der Waals surface area (Å²) in [6.07, 6.45) is 0. The van der Waals surface area contributed by atoms with Crippen molar-refractivity contribution in [3.8, 4) is 0 Å². The first-order valence-corrected chi connectivity index (χ1v) is 2.86. The van der Waals surface area contributed by atoms with Gasteiger partial charge in [-0.05, 0) is 6.92 Å². The number of Topliss-reactive ketones (excluding diaryl/α,β-unsaturated/α-hetero) is 1. The van der Waals surface area contributed by atoms with Crippen LogP contribution in [0.5, 0.6) is 0 Å². The average Bonchev–Trinajstić information content (AvgIpc) is 1.90. The van der Waals surface area contributed by atoms with E-state index in [1.807, 2.05) is 30.3 Å². The van der Waals surface area contributed by atoms with Crippen molar-refractivity contribution in [2.24, 2.45) is 0 Å². The zero-order chi connectivity index (χ0) is 6.69. The molecule has 5 N–H and O–H groups in total. The normalized spacial score (nSPS) is 7.36. The molecule has 11 heavy (non-hydrogen) atoms. The number of carbonyl (C=O) groups is 1. The van der Waals surface area contributed by atoms with Crippen molar-refractivity contribution in [1.82, 2.24) is 6.15 Å². The number of hydrogen-bond donors (Lipinski definition) is 1. The highest BCUT2D eigenvalue weighted by Gasteiger charge is 1.92. The molecule has 1 rings (SSSR count). The lowest BCUT2D eigenvalue weighted by Gasteiger charge is -1.89. The molecule has 0 aromatic heterocycles. The number of hydrogen-bond acceptors (Lipinski definition) is 2. The van der Waals surface area contributed by atoms with Crippen molar-refractivity contribution >= 4 is 5.78 Å². The molecule has 1 aromatic rings. The van der Waals surface area contributed by atoms with Gasteiger partial charge in [-0.2, -0.15) is 0 Å². The van der Waals surface area contributed by atoms with E-state index in [-0.39, 0.29) is 17.4 Å². The van der Waals surface area contributed by atoms with Crippen LogP contribution in [-0.4, -0.2) is 11.3 Å². The molecule has 62 valence electrons. The van der Waals surface area contributed by atoms with Crippen LogP contribution < -0.4 is 6.15 Å². The largest absolute Gasteiger partial charge is 0.412 e. The van der Waals surface area contributed by atoms with E-state index in [0.717, 1.165) is 5.56 Å². The highest BCUT2D eigenvalue weighted by Crippen LogP contribution is 1.97. The van der Waals surface area contributed by atoms with Gasteiger partial charge in [-0.1, -0.05) is 30.3 Å². The third-order valence-corrected chi connectivity index (χ3v) is 1.18. The molecule has 0 bridgehead atoms. The second kappa shape index (κ2) is 5.58. The van der Waals surface area contributed by atoms with Crippen molar-refractivity contribution in [1.29, 1.82) is 0 Å². The van der Waals surface area contributed by atoms with Crippen LogP contribution in [0.3, 0.4) is 0 Å². The van der Waals surface area contributed by atoms with Gasteiger partial charge >= 0.3 is 0 Å². The molecule has 0 amide bonds. The van der Waals surface area contributed by atoms with E-state index in [9.17, 15) is 4.79 Å². The Hall–Kier alpha value is -1.19. The Morgan fingerprint density at radius 1 is 1.18 bits per heavy atom. The van der Waals surface area contributed by atoms with Gasteiger partial charge in [-0.15, -0.1) is 0 Å². The highest BCUT2D eigenvalue weighted by molar-refractivity contribution is 5.93. The summed E-state index contributed by atoms with van der Waals surface area (Å²) in [6.45, 7) is 1.56. The number of benzene rings is 1. The number of rotatable bonds is 1. The highest BCUT2D eigenvalue weighted by atomic mass is 16.1. The summed E-state index contributed by atoms with van der Waals surface area (Å²) in [5.41, 5.74) is 0.775. The molecule has 1 aromatic carbocycles. The monoisotopic (exact) mass is 155 g/mol. The van der Waals surface area contributed by atoms with Gasteiger partial charge in [0.15, 0.2) is 5.78 Å². The molecule has 3 heteroatoms. The second-order valence-electron chi connectivity index (χ2n) is 1.92. The zero-order valence-electron chi connectivity index (χ0n) is 6.50. The molecule has 0 saturated carbocycles. The topological polar surface area (TPSA) is 83.6 Å². The van der Waals surface area contributed by atoms with Crippen molar-refractivity contribution in [2.45, 2.75) is 6.92 Å². The molecule has 0 aliphatic carbocycles. The van der Waals surface area contributed by atoms with Gasteiger partial charge in [0.25, 0.3) is 0 Å². The molecule has 0 heterocycles. The van der Waals surface area contributed by atoms with Crippen molar-refractivity contribution < 1.29 is 10.3 Å². The van der Waals surface area contributed by atoms with Gasteiger partial charge in [0.1, 0.15) is 0 Å². The van der Waals surface area contributed by atoms with Crippen molar-refractivity contribution in [3.05, 3.63) is 35.9 Å². The summed E-state index contributed by atoms with van der Waals surface area (Å²) in [5.74, 6) is 0.121. The predicted molar refractivity (Wildman–Crippen MR) is 45.1 cm³/mol. The van der Waals surface area contributed by atoms with Crippen LogP contribution in [0, 0.1) is 0 Å². The fourth-order valence-electron chi connectivity index (χ4n) is 0.673. The van der Waals surface area contributed by atoms with Gasteiger partial charge in [-0.3, -0.25) is 4.79 Å². The molecule has 0 atom stereocenters. The predicted octanol–water partition coefficient (Wildman–Crippen LogP) is 1.23. The first-order chi connectivity index (χ1) is 4.30. The summed E-state index contributed by atoms with van der Waals surface area (Å²) in [7, 11) is 0. The third kappa shape index (κ3) is 3.50. The summed E-state index contributed by atoms with van der Waals surface area (Å²) < 4.78 is 0. The van der Waals surface area contributed by atoms with Crippen LogP contribution in [0.1, 0.15) is 17.3 Å². The molecular formula is C8H13NO2. The Morgan fingerprint density at radius 2 is 1.64 bits per heavy atom. The lowest BCUT2D eigenvalue weighted by molar-refractivity contribution is 0.101. The van der Waals surface area contributed by atoms with E-state index < -0.39 is 0 Å². The lowest BCUT2D eigenvalue weighted by atomic mass is 10.2. The minimum atomic E-state index is 0. The summed E-state index contributed by atoms with van der Waals surface area (Å²) in [5, 5.41) is 0. The minimum absolute atomic E-state index is 0. The quantitative estimate of drug-likeness (QED) is 0.618. The SMILES string of the molecule is CC(=O)c1ccccc1.N.O. The summed E-state index contributed by atoms with van der Waals surface area (Å²) in [4.78, 5) is 10.6. The Kier molecular flexibility index (Phi) is 6.34. The molecule has 3 nitrogen and oxygen atoms in total. The van der Waals surface area contributed by atoms with E-state index in [4.69, 9.17) is 0 Å². The van der Waals surface area contributed by atoms with Crippen molar-refractivity contribution in [3.63, 3.8) is 0 Å². The smallest absolute Gasteiger partial charge is 0.159 e. The molecule has 0 saturated heterocycles. The van der Waals surface area contributed by atoms with Gasteiger partial charge in [0, 0.05) is 5.56 Å². The Balaban J connectivity index is 0. The molecule has 0 spiro atoms. The van der Waals surface area contributed by atoms with E-state index in [2.05, 4.69) is 0 Å². The lowest BCUT2D eigenvalue weighted by Crippen LogP contribution is -1.88. The maximum absolute atomic E-state index is 10.6. The standard InChI is InChI=1S/C8H8O.H3N.H2O/c1-7(9)8-5-3-2-4-6-8;;/h2-6H,1H3;1H3;1H2. The average molecular weight is 155 g/mol. The number of ketones is 1. The summed E-state index contributed by atoms with van der Waals surface area (Å²) in [6, 6.07) is 9.23. The first-order valence-electron chi connectivity index (χ1n) is 2.86. The fraction of sp³-hybridized carbons (Fsp3) is 0.125. The van der Waals surface area contributed by atoms with Crippen LogP contribution >= 0.6 is 0 Å². The van der Waals surface area contributed by atoms with Crippen molar-refractivity contribution in [2.75, 3.05) is 0 Å². The second-order valence-corrected chi connectivity index (χ2v) is 1.92. The molecular weight excluding hydrogens is 142 g/mol. The van der Waals surface area contributed by atoms with Crippen LogP contribution in [0.2, 0.25) is 0 Å². The summed E-state index contributed by atoms with van der Waals surface area (Å²) >= 11 is 0. The molecule has 0 radical (unpaired) electrons. The molecule has 0 aliphatic rings. The molecule has 0 unspecified atom stereocenters. The van der Waals surface area contributed by atoms with Crippen LogP contribution in [0.4, 0.5) is 0 Å². The Bertz CT molecular complexity index is 209. The molecule has 0 fully saturated rings.